The van der Waals surface area contributed by atoms with Crippen LogP contribution in [0.3, 0.4) is 0 Å². The Hall–Kier alpha value is -3.08. The van der Waals surface area contributed by atoms with Crippen molar-refractivity contribution in [2.45, 2.75) is 32.7 Å². The molecule has 0 bridgehead atoms. The number of rotatable bonds is 10. The van der Waals surface area contributed by atoms with E-state index in [2.05, 4.69) is 41.6 Å². The Labute approximate surface area is 166 Å². The van der Waals surface area contributed by atoms with Gasteiger partial charge in [-0.25, -0.2) is 4.98 Å². The zero-order chi connectivity index (χ0) is 19.8. The SMILES string of the molecule is C=CC(=O)NCCc1nc2ccccc2n1CCCCOc1cccc(C)c1. The van der Waals surface area contributed by atoms with Crippen molar-refractivity contribution in [1.82, 2.24) is 14.9 Å². The van der Waals surface area contributed by atoms with Crippen LogP contribution in [-0.2, 0) is 17.8 Å². The second-order valence-corrected chi connectivity index (χ2v) is 6.79. The van der Waals surface area contributed by atoms with Crippen molar-refractivity contribution < 1.29 is 9.53 Å². The molecule has 2 aromatic carbocycles. The van der Waals surface area contributed by atoms with Crippen LogP contribution in [0.1, 0.15) is 24.2 Å². The summed E-state index contributed by atoms with van der Waals surface area (Å²) in [5, 5.41) is 2.82. The molecule has 0 saturated carbocycles. The van der Waals surface area contributed by atoms with Crippen LogP contribution in [-0.4, -0.2) is 28.6 Å². The first-order valence-electron chi connectivity index (χ1n) is 9.71. The van der Waals surface area contributed by atoms with Gasteiger partial charge in [-0.3, -0.25) is 4.79 Å². The number of fused-ring (bicyclic) bond motifs is 1. The second-order valence-electron chi connectivity index (χ2n) is 6.79. The molecule has 0 saturated heterocycles. The summed E-state index contributed by atoms with van der Waals surface area (Å²) >= 11 is 0. The Morgan fingerprint density at radius 2 is 2.07 bits per heavy atom. The summed E-state index contributed by atoms with van der Waals surface area (Å²) in [5.74, 6) is 1.76. The molecular weight excluding hydrogens is 350 g/mol. The number of amides is 1. The maximum atomic E-state index is 11.4. The molecule has 5 heteroatoms. The van der Waals surface area contributed by atoms with E-state index in [1.165, 1.54) is 11.6 Å². The number of aromatic nitrogens is 2. The van der Waals surface area contributed by atoms with E-state index >= 15 is 0 Å². The van der Waals surface area contributed by atoms with E-state index in [4.69, 9.17) is 9.72 Å². The predicted molar refractivity (Wildman–Crippen MR) is 113 cm³/mol. The van der Waals surface area contributed by atoms with Gasteiger partial charge in [0, 0.05) is 19.5 Å². The smallest absolute Gasteiger partial charge is 0.243 e. The molecule has 146 valence electrons. The fourth-order valence-corrected chi connectivity index (χ4v) is 3.20. The molecule has 0 aliphatic heterocycles. The van der Waals surface area contributed by atoms with Gasteiger partial charge in [0.1, 0.15) is 11.6 Å². The fourth-order valence-electron chi connectivity index (χ4n) is 3.20. The van der Waals surface area contributed by atoms with Crippen molar-refractivity contribution in [2.75, 3.05) is 13.2 Å². The average molecular weight is 377 g/mol. The van der Waals surface area contributed by atoms with E-state index < -0.39 is 0 Å². The number of nitrogens with zero attached hydrogens (tertiary/aromatic N) is 2. The number of carbonyl (C=O) groups excluding carboxylic acids is 1. The average Bonchev–Trinajstić information content (AvgIpc) is 3.05. The molecule has 0 fully saturated rings. The number of imidazole rings is 1. The van der Waals surface area contributed by atoms with Crippen molar-refractivity contribution in [2.24, 2.45) is 0 Å². The molecule has 1 N–H and O–H groups in total. The minimum Gasteiger partial charge on any atom is -0.494 e. The van der Waals surface area contributed by atoms with Gasteiger partial charge in [0.15, 0.2) is 0 Å². The van der Waals surface area contributed by atoms with E-state index in [0.29, 0.717) is 19.6 Å². The summed E-state index contributed by atoms with van der Waals surface area (Å²) in [6, 6.07) is 16.3. The van der Waals surface area contributed by atoms with Gasteiger partial charge in [-0.1, -0.05) is 30.8 Å². The predicted octanol–water partition coefficient (Wildman–Crippen LogP) is 4.05. The van der Waals surface area contributed by atoms with Crippen LogP contribution in [0.5, 0.6) is 5.75 Å². The topological polar surface area (TPSA) is 56.2 Å². The van der Waals surface area contributed by atoms with Crippen molar-refractivity contribution in [1.29, 1.82) is 0 Å². The van der Waals surface area contributed by atoms with Gasteiger partial charge in [0.05, 0.1) is 17.6 Å². The number of hydrogen-bond acceptors (Lipinski definition) is 3. The third kappa shape index (κ3) is 5.22. The van der Waals surface area contributed by atoms with E-state index in [-0.39, 0.29) is 5.91 Å². The number of nitrogens with one attached hydrogen (secondary N) is 1. The Morgan fingerprint density at radius 3 is 2.89 bits per heavy atom. The number of benzene rings is 2. The molecule has 0 radical (unpaired) electrons. The van der Waals surface area contributed by atoms with E-state index in [1.807, 2.05) is 30.3 Å². The summed E-state index contributed by atoms with van der Waals surface area (Å²) in [5.41, 5.74) is 3.33. The molecule has 1 aromatic heterocycles. The highest BCUT2D eigenvalue weighted by molar-refractivity contribution is 5.86. The molecule has 1 amide bonds. The maximum Gasteiger partial charge on any atom is 0.243 e. The molecule has 0 spiro atoms. The molecule has 3 aromatic rings. The van der Waals surface area contributed by atoms with Crippen LogP contribution in [0.2, 0.25) is 0 Å². The van der Waals surface area contributed by atoms with Gasteiger partial charge in [0.2, 0.25) is 5.91 Å². The van der Waals surface area contributed by atoms with Gasteiger partial charge in [-0.2, -0.15) is 0 Å². The minimum atomic E-state index is -0.157. The lowest BCUT2D eigenvalue weighted by molar-refractivity contribution is -0.116. The Kier molecular flexibility index (Phi) is 6.84. The van der Waals surface area contributed by atoms with E-state index in [0.717, 1.165) is 42.0 Å². The Morgan fingerprint density at radius 1 is 1.21 bits per heavy atom. The molecule has 0 atom stereocenters. The first kappa shape index (κ1) is 19.7. The molecule has 28 heavy (non-hydrogen) atoms. The highest BCUT2D eigenvalue weighted by Crippen LogP contribution is 2.18. The van der Waals surface area contributed by atoms with Gasteiger partial charge in [-0.15, -0.1) is 0 Å². The summed E-state index contributed by atoms with van der Waals surface area (Å²) in [7, 11) is 0. The van der Waals surface area contributed by atoms with Crippen molar-refractivity contribution in [3.63, 3.8) is 0 Å². The number of aryl methyl sites for hydroxylation is 2. The van der Waals surface area contributed by atoms with Crippen LogP contribution in [0.4, 0.5) is 0 Å². The van der Waals surface area contributed by atoms with E-state index in [1.54, 1.807) is 0 Å². The fraction of sp³-hybridized carbons (Fsp3) is 0.304. The molecule has 0 aliphatic rings. The molecular formula is C23H27N3O2. The molecule has 0 unspecified atom stereocenters. The third-order valence-electron chi connectivity index (χ3n) is 4.60. The highest BCUT2D eigenvalue weighted by atomic mass is 16.5. The van der Waals surface area contributed by atoms with Crippen LogP contribution in [0.25, 0.3) is 11.0 Å². The van der Waals surface area contributed by atoms with Crippen molar-refractivity contribution in [3.8, 4) is 5.75 Å². The number of ether oxygens (including phenoxy) is 1. The van der Waals surface area contributed by atoms with Gasteiger partial charge >= 0.3 is 0 Å². The van der Waals surface area contributed by atoms with Crippen molar-refractivity contribution >= 4 is 16.9 Å². The first-order chi connectivity index (χ1) is 13.7. The summed E-state index contributed by atoms with van der Waals surface area (Å²) in [4.78, 5) is 16.1. The second kappa shape index (κ2) is 9.74. The summed E-state index contributed by atoms with van der Waals surface area (Å²) in [6.07, 6.45) is 3.94. The number of para-hydroxylation sites is 2. The number of unbranched alkanes of at least 4 members (excludes halogenated alkanes) is 1. The quantitative estimate of drug-likeness (QED) is 0.428. The van der Waals surface area contributed by atoms with E-state index in [9.17, 15) is 4.79 Å². The standard InChI is InChI=1S/C23H27N3O2/c1-3-23(27)24-14-13-22-25-20-11-4-5-12-21(20)26(22)15-6-7-16-28-19-10-8-9-18(2)17-19/h3-5,8-12,17H,1,6-7,13-16H2,2H3,(H,24,27). The monoisotopic (exact) mass is 377 g/mol. The maximum absolute atomic E-state index is 11.4. The number of hydrogen-bond donors (Lipinski definition) is 1. The van der Waals surface area contributed by atoms with Gasteiger partial charge in [-0.05, 0) is 55.7 Å². The van der Waals surface area contributed by atoms with Crippen LogP contribution in [0, 0.1) is 6.92 Å². The lowest BCUT2D eigenvalue weighted by atomic mass is 10.2. The number of carbonyl (C=O) groups is 1. The van der Waals surface area contributed by atoms with Crippen LogP contribution < -0.4 is 10.1 Å². The van der Waals surface area contributed by atoms with Gasteiger partial charge < -0.3 is 14.6 Å². The zero-order valence-corrected chi connectivity index (χ0v) is 16.4. The third-order valence-corrected chi connectivity index (χ3v) is 4.60. The molecule has 1 heterocycles. The lowest BCUT2D eigenvalue weighted by Crippen LogP contribution is -2.24. The Bertz CT molecular complexity index is 946. The Balaban J connectivity index is 1.57. The highest BCUT2D eigenvalue weighted by Gasteiger charge is 2.10. The summed E-state index contributed by atoms with van der Waals surface area (Å²) < 4.78 is 8.10. The summed E-state index contributed by atoms with van der Waals surface area (Å²) in [6.45, 7) is 7.66. The normalized spacial score (nSPS) is 10.8. The van der Waals surface area contributed by atoms with Crippen molar-refractivity contribution in [3.05, 3.63) is 72.6 Å². The van der Waals surface area contributed by atoms with Crippen LogP contribution >= 0.6 is 0 Å². The zero-order valence-electron chi connectivity index (χ0n) is 16.4. The van der Waals surface area contributed by atoms with Gasteiger partial charge in [0.25, 0.3) is 0 Å². The minimum absolute atomic E-state index is 0.157. The first-order valence-corrected chi connectivity index (χ1v) is 9.71. The molecule has 0 aliphatic carbocycles. The largest absolute Gasteiger partial charge is 0.494 e. The molecule has 5 nitrogen and oxygen atoms in total. The molecule has 3 rings (SSSR count). The lowest BCUT2D eigenvalue weighted by Gasteiger charge is -2.10. The van der Waals surface area contributed by atoms with Crippen LogP contribution in [0.15, 0.2) is 61.2 Å².